The van der Waals surface area contributed by atoms with Crippen molar-refractivity contribution in [2.45, 2.75) is 23.7 Å². The summed E-state index contributed by atoms with van der Waals surface area (Å²) in [4.78, 5) is 4.55. The molecule has 1 aliphatic heterocycles. The van der Waals surface area contributed by atoms with Gasteiger partial charge in [-0.2, -0.15) is 9.29 Å². The molecule has 0 amide bonds. The Labute approximate surface area is 168 Å². The molecule has 0 radical (unpaired) electrons. The van der Waals surface area contributed by atoms with Gasteiger partial charge in [0, 0.05) is 18.7 Å². The minimum atomic E-state index is -3.71. The molecule has 29 heavy (non-hydrogen) atoms. The van der Waals surface area contributed by atoms with Crippen LogP contribution in [-0.4, -0.2) is 43.1 Å². The molecular formula is C20H20FN3O4S. The molecule has 1 saturated heterocycles. The number of aromatic nitrogens is 2. The highest BCUT2D eigenvalue weighted by Gasteiger charge is 2.33. The predicted molar refractivity (Wildman–Crippen MR) is 103 cm³/mol. The minimum absolute atomic E-state index is 0.0714. The number of ether oxygens (including phenoxy) is 1. The number of benzene rings is 2. The number of hydrogen-bond donors (Lipinski definition) is 0. The van der Waals surface area contributed by atoms with Crippen LogP contribution in [0.15, 0.2) is 57.9 Å². The van der Waals surface area contributed by atoms with Crippen LogP contribution in [-0.2, 0) is 10.0 Å². The van der Waals surface area contributed by atoms with Crippen molar-refractivity contribution in [1.29, 1.82) is 0 Å². The van der Waals surface area contributed by atoms with E-state index in [4.69, 9.17) is 9.26 Å². The van der Waals surface area contributed by atoms with Crippen molar-refractivity contribution in [2.75, 3.05) is 20.2 Å². The number of rotatable bonds is 5. The van der Waals surface area contributed by atoms with Gasteiger partial charge in [-0.05, 0) is 49.2 Å². The average molecular weight is 417 g/mol. The van der Waals surface area contributed by atoms with Crippen LogP contribution in [0.2, 0.25) is 0 Å². The van der Waals surface area contributed by atoms with Crippen LogP contribution in [0.1, 0.15) is 24.7 Å². The van der Waals surface area contributed by atoms with Gasteiger partial charge in [0.15, 0.2) is 0 Å². The third-order valence-electron chi connectivity index (χ3n) is 4.95. The van der Waals surface area contributed by atoms with Crippen molar-refractivity contribution < 1.29 is 22.1 Å². The van der Waals surface area contributed by atoms with E-state index in [1.807, 2.05) is 18.2 Å². The Hall–Kier alpha value is -2.78. The van der Waals surface area contributed by atoms with Crippen molar-refractivity contribution in [1.82, 2.24) is 14.4 Å². The molecule has 0 saturated carbocycles. The van der Waals surface area contributed by atoms with Gasteiger partial charge in [0.2, 0.25) is 21.7 Å². The van der Waals surface area contributed by atoms with Crippen molar-refractivity contribution in [3.8, 4) is 17.1 Å². The van der Waals surface area contributed by atoms with Crippen molar-refractivity contribution >= 4 is 10.0 Å². The zero-order chi connectivity index (χ0) is 20.4. The van der Waals surface area contributed by atoms with E-state index >= 15 is 0 Å². The molecule has 0 bridgehead atoms. The fourth-order valence-electron chi connectivity index (χ4n) is 3.40. The molecule has 0 aliphatic carbocycles. The number of halogens is 1. The Kier molecular flexibility index (Phi) is 5.33. The number of piperidine rings is 1. The highest BCUT2D eigenvalue weighted by molar-refractivity contribution is 7.89. The lowest BCUT2D eigenvalue weighted by Gasteiger charge is -2.30. The smallest absolute Gasteiger partial charge is 0.243 e. The van der Waals surface area contributed by atoms with Crippen LogP contribution in [0.5, 0.6) is 5.75 Å². The Balaban J connectivity index is 1.54. The molecule has 2 heterocycles. The van der Waals surface area contributed by atoms with Crippen LogP contribution in [0, 0.1) is 5.82 Å². The van der Waals surface area contributed by atoms with Gasteiger partial charge in [-0.15, -0.1) is 0 Å². The Morgan fingerprint density at radius 2 is 2.00 bits per heavy atom. The van der Waals surface area contributed by atoms with E-state index in [9.17, 15) is 12.8 Å². The minimum Gasteiger partial charge on any atom is -0.497 e. The van der Waals surface area contributed by atoms with Crippen LogP contribution in [0.25, 0.3) is 11.4 Å². The summed E-state index contributed by atoms with van der Waals surface area (Å²) in [5.74, 6) is 0.838. The van der Waals surface area contributed by atoms with Gasteiger partial charge < -0.3 is 9.26 Å². The first-order valence-corrected chi connectivity index (χ1v) is 10.6. The van der Waals surface area contributed by atoms with Crippen LogP contribution in [0.3, 0.4) is 0 Å². The molecule has 9 heteroatoms. The predicted octanol–water partition coefficient (Wildman–Crippen LogP) is 3.45. The second-order valence-corrected chi connectivity index (χ2v) is 8.78. The van der Waals surface area contributed by atoms with E-state index < -0.39 is 15.8 Å². The lowest BCUT2D eigenvalue weighted by molar-refractivity contribution is 0.265. The normalized spacial score (nSPS) is 17.9. The lowest BCUT2D eigenvalue weighted by atomic mass is 10.00. The highest BCUT2D eigenvalue weighted by atomic mass is 32.2. The third-order valence-corrected chi connectivity index (χ3v) is 6.83. The molecule has 1 aromatic heterocycles. The lowest BCUT2D eigenvalue weighted by Crippen LogP contribution is -2.39. The molecule has 7 nitrogen and oxygen atoms in total. The second-order valence-electron chi connectivity index (χ2n) is 6.84. The summed E-state index contributed by atoms with van der Waals surface area (Å²) >= 11 is 0. The van der Waals surface area contributed by atoms with E-state index in [1.165, 1.54) is 16.4 Å². The van der Waals surface area contributed by atoms with Crippen molar-refractivity contribution in [3.05, 3.63) is 60.2 Å². The molecule has 1 aliphatic rings. The zero-order valence-corrected chi connectivity index (χ0v) is 16.6. The summed E-state index contributed by atoms with van der Waals surface area (Å²) in [6.45, 7) is 0.631. The van der Waals surface area contributed by atoms with E-state index in [0.29, 0.717) is 30.4 Å². The Morgan fingerprint density at radius 1 is 1.21 bits per heavy atom. The second kappa shape index (κ2) is 7.92. The monoisotopic (exact) mass is 417 g/mol. The van der Waals surface area contributed by atoms with Crippen molar-refractivity contribution in [3.63, 3.8) is 0 Å². The van der Waals surface area contributed by atoms with Gasteiger partial charge in [0.25, 0.3) is 0 Å². The van der Waals surface area contributed by atoms with Crippen LogP contribution in [0.4, 0.5) is 4.39 Å². The standard InChI is InChI=1S/C20H20FN3O4S/c1-27-17-6-2-4-14(12-17)19-22-20(28-23-19)15-5-3-11-24(13-15)29(25,26)18-9-7-16(21)8-10-18/h2,4,6-10,12,15H,3,5,11,13H2,1H3. The van der Waals surface area contributed by atoms with Gasteiger partial charge >= 0.3 is 0 Å². The van der Waals surface area contributed by atoms with Gasteiger partial charge in [-0.3, -0.25) is 0 Å². The van der Waals surface area contributed by atoms with Gasteiger partial charge in [-0.1, -0.05) is 17.3 Å². The number of sulfonamides is 1. The molecule has 0 spiro atoms. The summed E-state index contributed by atoms with van der Waals surface area (Å²) < 4.78 is 51.0. The SMILES string of the molecule is COc1cccc(-c2noc(C3CCCN(S(=O)(=O)c4ccc(F)cc4)C3)n2)c1. The van der Waals surface area contributed by atoms with Crippen molar-refractivity contribution in [2.24, 2.45) is 0 Å². The van der Waals surface area contributed by atoms with E-state index in [0.717, 1.165) is 24.1 Å². The highest BCUT2D eigenvalue weighted by Crippen LogP contribution is 2.31. The topological polar surface area (TPSA) is 85.5 Å². The largest absolute Gasteiger partial charge is 0.497 e. The Morgan fingerprint density at radius 3 is 2.76 bits per heavy atom. The van der Waals surface area contributed by atoms with E-state index in [-0.39, 0.29) is 17.4 Å². The fourth-order valence-corrected chi connectivity index (χ4v) is 4.92. The van der Waals surface area contributed by atoms with Gasteiger partial charge in [-0.25, -0.2) is 12.8 Å². The number of methoxy groups -OCH3 is 1. The van der Waals surface area contributed by atoms with E-state index in [1.54, 1.807) is 13.2 Å². The number of hydrogen-bond acceptors (Lipinski definition) is 6. The first-order valence-electron chi connectivity index (χ1n) is 9.21. The summed E-state index contributed by atoms with van der Waals surface area (Å²) in [5.41, 5.74) is 0.756. The maximum atomic E-state index is 13.1. The molecule has 0 N–H and O–H groups in total. The zero-order valence-electron chi connectivity index (χ0n) is 15.8. The molecule has 1 atom stereocenters. The first kappa shape index (κ1) is 19.5. The summed E-state index contributed by atoms with van der Waals surface area (Å²) in [7, 11) is -2.13. The molecule has 152 valence electrons. The summed E-state index contributed by atoms with van der Waals surface area (Å²) in [5, 5.41) is 4.04. The maximum absolute atomic E-state index is 13.1. The average Bonchev–Trinajstić information content (AvgIpc) is 3.25. The van der Waals surface area contributed by atoms with Gasteiger partial charge in [0.1, 0.15) is 11.6 Å². The Bertz CT molecular complexity index is 1100. The summed E-state index contributed by atoms with van der Waals surface area (Å²) in [6, 6.07) is 12.2. The van der Waals surface area contributed by atoms with Gasteiger partial charge in [0.05, 0.1) is 17.9 Å². The molecular weight excluding hydrogens is 397 g/mol. The molecule has 4 rings (SSSR count). The first-order chi connectivity index (χ1) is 14.0. The molecule has 1 fully saturated rings. The molecule has 1 unspecified atom stereocenters. The quantitative estimate of drug-likeness (QED) is 0.632. The molecule has 2 aromatic carbocycles. The fraction of sp³-hybridized carbons (Fsp3) is 0.300. The third kappa shape index (κ3) is 4.01. The van der Waals surface area contributed by atoms with Crippen LogP contribution >= 0.6 is 0 Å². The van der Waals surface area contributed by atoms with Crippen LogP contribution < -0.4 is 4.74 Å². The maximum Gasteiger partial charge on any atom is 0.243 e. The van der Waals surface area contributed by atoms with E-state index in [2.05, 4.69) is 10.1 Å². The summed E-state index contributed by atoms with van der Waals surface area (Å²) in [6.07, 6.45) is 1.41. The molecule has 3 aromatic rings. The number of nitrogens with zero attached hydrogens (tertiary/aromatic N) is 3.